The quantitative estimate of drug-likeness (QED) is 0.721. The molecule has 152 valence electrons. The number of rotatable bonds is 5. The van der Waals surface area contributed by atoms with Crippen molar-refractivity contribution in [2.75, 3.05) is 18.0 Å². The minimum absolute atomic E-state index is 0.0667. The summed E-state index contributed by atoms with van der Waals surface area (Å²) in [6.45, 7) is 9.11. The number of morpholine rings is 1. The predicted molar refractivity (Wildman–Crippen MR) is 115 cm³/mol. The molecule has 29 heavy (non-hydrogen) atoms. The summed E-state index contributed by atoms with van der Waals surface area (Å²) >= 11 is 0. The van der Waals surface area contributed by atoms with E-state index in [1.807, 2.05) is 53.2 Å². The van der Waals surface area contributed by atoms with Crippen LogP contribution in [-0.2, 0) is 17.8 Å². The lowest BCUT2D eigenvalue weighted by atomic mass is 10.2. The summed E-state index contributed by atoms with van der Waals surface area (Å²) < 4.78 is 7.84. The number of para-hydroxylation sites is 1. The molecule has 0 aliphatic carbocycles. The van der Waals surface area contributed by atoms with Crippen LogP contribution in [0.1, 0.15) is 36.8 Å². The topological polar surface area (TPSA) is 59.4 Å². The van der Waals surface area contributed by atoms with Gasteiger partial charge in [0.05, 0.1) is 12.2 Å². The van der Waals surface area contributed by atoms with E-state index in [0.29, 0.717) is 12.2 Å². The van der Waals surface area contributed by atoms with E-state index in [1.165, 1.54) is 0 Å². The zero-order valence-electron chi connectivity index (χ0n) is 17.3. The average Bonchev–Trinajstić information content (AvgIpc) is 3.10. The Morgan fingerprint density at radius 2 is 1.93 bits per heavy atom. The summed E-state index contributed by atoms with van der Waals surface area (Å²) in [6.07, 6.45) is 2.24. The highest BCUT2D eigenvalue weighted by Crippen LogP contribution is 2.20. The zero-order valence-corrected chi connectivity index (χ0v) is 17.3. The Morgan fingerprint density at radius 3 is 2.62 bits per heavy atom. The SMILES string of the molecule is CCn1c(C(=O)NCc2ccc(N3CC(C)OC(C)C3)nc2)cc2ccccc21. The fraction of sp³-hybridized carbons (Fsp3) is 0.391. The lowest BCUT2D eigenvalue weighted by molar-refractivity contribution is -0.00546. The summed E-state index contributed by atoms with van der Waals surface area (Å²) in [7, 11) is 0. The summed E-state index contributed by atoms with van der Waals surface area (Å²) in [6, 6.07) is 14.1. The lowest BCUT2D eigenvalue weighted by Crippen LogP contribution is -2.45. The van der Waals surface area contributed by atoms with Gasteiger partial charge in [-0.05, 0) is 44.5 Å². The van der Waals surface area contributed by atoms with Crippen LogP contribution in [0.25, 0.3) is 10.9 Å². The van der Waals surface area contributed by atoms with Crippen LogP contribution in [0.2, 0.25) is 0 Å². The number of anilines is 1. The number of benzene rings is 1. The molecule has 0 bridgehead atoms. The molecule has 6 nitrogen and oxygen atoms in total. The molecule has 3 aromatic rings. The Balaban J connectivity index is 1.42. The van der Waals surface area contributed by atoms with E-state index in [4.69, 9.17) is 4.74 Å². The van der Waals surface area contributed by atoms with Gasteiger partial charge >= 0.3 is 0 Å². The van der Waals surface area contributed by atoms with Gasteiger partial charge in [0, 0.05) is 43.3 Å². The van der Waals surface area contributed by atoms with Gasteiger partial charge < -0.3 is 19.5 Å². The third-order valence-electron chi connectivity index (χ3n) is 5.37. The maximum absolute atomic E-state index is 12.8. The van der Waals surface area contributed by atoms with Gasteiger partial charge in [0.15, 0.2) is 0 Å². The monoisotopic (exact) mass is 392 g/mol. The summed E-state index contributed by atoms with van der Waals surface area (Å²) in [5.41, 5.74) is 2.75. The van der Waals surface area contributed by atoms with E-state index < -0.39 is 0 Å². The van der Waals surface area contributed by atoms with Gasteiger partial charge in [-0.15, -0.1) is 0 Å². The highest BCUT2D eigenvalue weighted by Gasteiger charge is 2.23. The molecule has 2 atom stereocenters. The highest BCUT2D eigenvalue weighted by atomic mass is 16.5. The molecule has 4 rings (SSSR count). The second kappa shape index (κ2) is 8.25. The summed E-state index contributed by atoms with van der Waals surface area (Å²) in [5, 5.41) is 4.11. The molecular weight excluding hydrogens is 364 g/mol. The Kier molecular flexibility index (Phi) is 5.53. The Labute approximate surface area is 171 Å². The molecule has 2 aromatic heterocycles. The molecule has 2 unspecified atom stereocenters. The zero-order chi connectivity index (χ0) is 20.4. The van der Waals surface area contributed by atoms with Crippen molar-refractivity contribution in [2.45, 2.75) is 46.1 Å². The number of carbonyl (C=O) groups excluding carboxylic acids is 1. The molecule has 1 aromatic carbocycles. The van der Waals surface area contributed by atoms with Crippen LogP contribution in [0.5, 0.6) is 0 Å². The van der Waals surface area contributed by atoms with Gasteiger partial charge in [-0.2, -0.15) is 0 Å². The van der Waals surface area contributed by atoms with Crippen molar-refractivity contribution in [1.82, 2.24) is 14.9 Å². The Hall–Kier alpha value is -2.86. The van der Waals surface area contributed by atoms with Crippen LogP contribution >= 0.6 is 0 Å². The second-order valence-electron chi connectivity index (χ2n) is 7.70. The molecular formula is C23H28N4O2. The van der Waals surface area contributed by atoms with Crippen molar-refractivity contribution in [3.05, 3.63) is 59.9 Å². The number of aromatic nitrogens is 2. The first kappa shape index (κ1) is 19.5. The number of fused-ring (bicyclic) bond motifs is 1. The molecule has 1 fully saturated rings. The van der Waals surface area contributed by atoms with Crippen molar-refractivity contribution in [3.8, 4) is 0 Å². The van der Waals surface area contributed by atoms with Crippen LogP contribution in [0, 0.1) is 0 Å². The third-order valence-corrected chi connectivity index (χ3v) is 5.37. The Bertz CT molecular complexity index is 986. The van der Waals surface area contributed by atoms with Crippen LogP contribution in [0.15, 0.2) is 48.7 Å². The lowest BCUT2D eigenvalue weighted by Gasteiger charge is -2.36. The number of hydrogen-bond acceptors (Lipinski definition) is 4. The van der Waals surface area contributed by atoms with Crippen molar-refractivity contribution in [1.29, 1.82) is 0 Å². The van der Waals surface area contributed by atoms with Crippen molar-refractivity contribution in [3.63, 3.8) is 0 Å². The second-order valence-corrected chi connectivity index (χ2v) is 7.70. The van der Waals surface area contributed by atoms with Gasteiger partial charge in [-0.3, -0.25) is 4.79 Å². The smallest absolute Gasteiger partial charge is 0.268 e. The molecule has 1 N–H and O–H groups in total. The molecule has 0 spiro atoms. The molecule has 0 radical (unpaired) electrons. The van der Waals surface area contributed by atoms with Crippen LogP contribution < -0.4 is 10.2 Å². The van der Waals surface area contributed by atoms with E-state index >= 15 is 0 Å². The van der Waals surface area contributed by atoms with E-state index in [-0.39, 0.29) is 18.1 Å². The maximum Gasteiger partial charge on any atom is 0.268 e. The van der Waals surface area contributed by atoms with Crippen molar-refractivity contribution >= 4 is 22.6 Å². The minimum Gasteiger partial charge on any atom is -0.372 e. The van der Waals surface area contributed by atoms with E-state index in [2.05, 4.69) is 36.0 Å². The van der Waals surface area contributed by atoms with Crippen LogP contribution in [0.4, 0.5) is 5.82 Å². The average molecular weight is 393 g/mol. The van der Waals surface area contributed by atoms with E-state index in [1.54, 1.807) is 0 Å². The molecule has 1 aliphatic heterocycles. The predicted octanol–water partition coefficient (Wildman–Crippen LogP) is 3.60. The van der Waals surface area contributed by atoms with Crippen LogP contribution in [-0.4, -0.2) is 40.8 Å². The molecule has 0 saturated carbocycles. The third kappa shape index (κ3) is 4.12. The largest absolute Gasteiger partial charge is 0.372 e. The van der Waals surface area contributed by atoms with Crippen molar-refractivity contribution in [2.24, 2.45) is 0 Å². The number of carbonyl (C=O) groups is 1. The van der Waals surface area contributed by atoms with Gasteiger partial charge in [-0.25, -0.2) is 4.98 Å². The fourth-order valence-corrected chi connectivity index (χ4v) is 4.09. The highest BCUT2D eigenvalue weighted by molar-refractivity contribution is 5.98. The number of pyridine rings is 1. The summed E-state index contributed by atoms with van der Waals surface area (Å²) in [5.74, 6) is 0.885. The van der Waals surface area contributed by atoms with Gasteiger partial charge in [0.2, 0.25) is 0 Å². The number of ether oxygens (including phenoxy) is 1. The first-order chi connectivity index (χ1) is 14.0. The van der Waals surface area contributed by atoms with Crippen molar-refractivity contribution < 1.29 is 9.53 Å². The summed E-state index contributed by atoms with van der Waals surface area (Å²) in [4.78, 5) is 19.6. The first-order valence-electron chi connectivity index (χ1n) is 10.3. The fourth-order valence-electron chi connectivity index (χ4n) is 4.09. The normalized spacial score (nSPS) is 19.5. The number of hydrogen-bond donors (Lipinski definition) is 1. The molecule has 1 aliphatic rings. The number of aryl methyl sites for hydroxylation is 1. The van der Waals surface area contributed by atoms with E-state index in [9.17, 15) is 4.79 Å². The molecule has 1 saturated heterocycles. The minimum atomic E-state index is -0.0667. The Morgan fingerprint density at radius 1 is 1.17 bits per heavy atom. The molecule has 1 amide bonds. The van der Waals surface area contributed by atoms with Crippen LogP contribution in [0.3, 0.4) is 0 Å². The van der Waals surface area contributed by atoms with E-state index in [0.717, 1.165) is 41.9 Å². The van der Waals surface area contributed by atoms with Gasteiger partial charge in [-0.1, -0.05) is 24.3 Å². The first-order valence-corrected chi connectivity index (χ1v) is 10.3. The molecule has 6 heteroatoms. The molecule has 3 heterocycles. The van der Waals surface area contributed by atoms with Gasteiger partial charge in [0.1, 0.15) is 11.5 Å². The van der Waals surface area contributed by atoms with Gasteiger partial charge in [0.25, 0.3) is 5.91 Å². The number of nitrogens with zero attached hydrogens (tertiary/aromatic N) is 3. The number of nitrogens with one attached hydrogen (secondary N) is 1. The number of amides is 1. The standard InChI is InChI=1S/C23H28N4O2/c1-4-27-20-8-6-5-7-19(20)11-21(27)23(28)25-13-18-9-10-22(24-12-18)26-14-16(2)29-17(3)15-26/h5-12,16-17H,4,13-15H2,1-3H3,(H,25,28). The maximum atomic E-state index is 12.8.